The molecule has 136 valence electrons. The maximum atomic E-state index is 12.4. The molecule has 0 radical (unpaired) electrons. The van der Waals surface area contributed by atoms with Gasteiger partial charge in [0, 0.05) is 0 Å². The van der Waals surface area contributed by atoms with Gasteiger partial charge in [0.1, 0.15) is 0 Å². The van der Waals surface area contributed by atoms with Crippen LogP contribution in [0.25, 0.3) is 0 Å². The quantitative estimate of drug-likeness (QED) is 0.325. The lowest BCUT2D eigenvalue weighted by atomic mass is 9.95. The second-order valence-corrected chi connectivity index (χ2v) is 6.45. The first-order valence-corrected chi connectivity index (χ1v) is 9.50. The van der Waals surface area contributed by atoms with Crippen molar-refractivity contribution in [2.75, 3.05) is 0 Å². The van der Waals surface area contributed by atoms with E-state index in [0.29, 0.717) is 6.42 Å². The lowest BCUT2D eigenvalue weighted by Gasteiger charge is -2.19. The molecule has 0 spiro atoms. The topological polar surface area (TPSA) is 63.6 Å². The summed E-state index contributed by atoms with van der Waals surface area (Å²) in [5.74, 6) is -1.46. The van der Waals surface area contributed by atoms with Crippen molar-refractivity contribution >= 4 is 11.9 Å². The fraction of sp³-hybridized carbons (Fsp3) is 0.895. The molecule has 4 heteroatoms. The Hall–Kier alpha value is -1.06. The van der Waals surface area contributed by atoms with Crippen molar-refractivity contribution in [1.29, 1.82) is 0 Å². The van der Waals surface area contributed by atoms with Gasteiger partial charge in [-0.25, -0.2) is 4.79 Å². The molecule has 0 rings (SSSR count). The number of aliphatic carboxylic acids is 1. The second kappa shape index (κ2) is 14.5. The van der Waals surface area contributed by atoms with E-state index in [1.165, 1.54) is 12.8 Å². The van der Waals surface area contributed by atoms with E-state index in [-0.39, 0.29) is 11.9 Å². The molecule has 1 N–H and O–H groups in total. The number of carboxylic acid groups (broad SMARTS) is 1. The Morgan fingerprint density at radius 3 is 1.87 bits per heavy atom. The van der Waals surface area contributed by atoms with Crippen LogP contribution in [0.5, 0.6) is 0 Å². The van der Waals surface area contributed by atoms with E-state index >= 15 is 0 Å². The van der Waals surface area contributed by atoms with E-state index in [1.54, 1.807) is 0 Å². The third-order valence-electron chi connectivity index (χ3n) is 4.25. The molecule has 0 aliphatic carbocycles. The SMILES string of the molecule is CCCCCCC(CCCC)C(=O)OC(CCCCC)C(=O)O. The standard InChI is InChI=1S/C19H36O4/c1-4-7-10-12-14-16(13-9-6-3)19(22)23-17(18(20)21)15-11-8-5-2/h16-17H,4-15H2,1-3H3,(H,20,21). The van der Waals surface area contributed by atoms with E-state index in [2.05, 4.69) is 20.8 Å². The Kier molecular flexibility index (Phi) is 13.9. The molecule has 2 atom stereocenters. The minimum Gasteiger partial charge on any atom is -0.479 e. The van der Waals surface area contributed by atoms with Gasteiger partial charge >= 0.3 is 11.9 Å². The maximum absolute atomic E-state index is 12.4. The first-order valence-electron chi connectivity index (χ1n) is 9.50. The Labute approximate surface area is 142 Å². The summed E-state index contributed by atoms with van der Waals surface area (Å²) >= 11 is 0. The highest BCUT2D eigenvalue weighted by Gasteiger charge is 2.26. The summed E-state index contributed by atoms with van der Waals surface area (Å²) in [5, 5.41) is 9.25. The van der Waals surface area contributed by atoms with Gasteiger partial charge in [0.15, 0.2) is 6.10 Å². The van der Waals surface area contributed by atoms with Crippen molar-refractivity contribution in [1.82, 2.24) is 0 Å². The fourth-order valence-electron chi connectivity index (χ4n) is 2.70. The van der Waals surface area contributed by atoms with Crippen LogP contribution in [0.2, 0.25) is 0 Å². The van der Waals surface area contributed by atoms with Crippen molar-refractivity contribution in [3.63, 3.8) is 0 Å². The molecule has 4 nitrogen and oxygen atoms in total. The van der Waals surface area contributed by atoms with Crippen LogP contribution < -0.4 is 0 Å². The average Bonchev–Trinajstić information content (AvgIpc) is 2.53. The van der Waals surface area contributed by atoms with Gasteiger partial charge in [0.05, 0.1) is 5.92 Å². The summed E-state index contributed by atoms with van der Waals surface area (Å²) in [6.07, 6.45) is 10.4. The molecule has 0 saturated carbocycles. The monoisotopic (exact) mass is 328 g/mol. The van der Waals surface area contributed by atoms with Gasteiger partial charge in [-0.05, 0) is 25.7 Å². The summed E-state index contributed by atoms with van der Waals surface area (Å²) < 4.78 is 5.34. The average molecular weight is 328 g/mol. The fourth-order valence-corrected chi connectivity index (χ4v) is 2.70. The van der Waals surface area contributed by atoms with E-state index in [4.69, 9.17) is 4.74 Å². The predicted octanol–water partition coefficient (Wildman–Crippen LogP) is 5.34. The van der Waals surface area contributed by atoms with E-state index in [0.717, 1.165) is 57.8 Å². The van der Waals surface area contributed by atoms with Crippen LogP contribution in [-0.4, -0.2) is 23.1 Å². The summed E-state index contributed by atoms with van der Waals surface area (Å²) in [6, 6.07) is 0. The van der Waals surface area contributed by atoms with Crippen molar-refractivity contribution in [3.05, 3.63) is 0 Å². The van der Waals surface area contributed by atoms with E-state index in [1.807, 2.05) is 0 Å². The molecule has 0 aliphatic rings. The van der Waals surface area contributed by atoms with E-state index in [9.17, 15) is 14.7 Å². The predicted molar refractivity (Wildman–Crippen MR) is 93.4 cm³/mol. The van der Waals surface area contributed by atoms with Crippen LogP contribution in [0.15, 0.2) is 0 Å². The Balaban J connectivity index is 4.46. The van der Waals surface area contributed by atoms with Crippen molar-refractivity contribution in [2.24, 2.45) is 5.92 Å². The molecule has 0 amide bonds. The highest BCUT2D eigenvalue weighted by atomic mass is 16.6. The number of carbonyl (C=O) groups is 2. The van der Waals surface area contributed by atoms with Crippen LogP contribution in [0.3, 0.4) is 0 Å². The smallest absolute Gasteiger partial charge is 0.345 e. The first-order chi connectivity index (χ1) is 11.1. The molecular formula is C19H36O4. The van der Waals surface area contributed by atoms with Crippen LogP contribution >= 0.6 is 0 Å². The van der Waals surface area contributed by atoms with Crippen LogP contribution in [0.4, 0.5) is 0 Å². The molecule has 0 aromatic carbocycles. The molecule has 0 saturated heterocycles. The summed E-state index contributed by atoms with van der Waals surface area (Å²) in [7, 11) is 0. The third-order valence-corrected chi connectivity index (χ3v) is 4.25. The van der Waals surface area contributed by atoms with Crippen LogP contribution in [0, 0.1) is 5.92 Å². The molecule has 23 heavy (non-hydrogen) atoms. The Morgan fingerprint density at radius 2 is 1.30 bits per heavy atom. The van der Waals surface area contributed by atoms with Gasteiger partial charge in [-0.3, -0.25) is 4.79 Å². The second-order valence-electron chi connectivity index (χ2n) is 6.45. The van der Waals surface area contributed by atoms with Crippen molar-refractivity contribution in [3.8, 4) is 0 Å². The number of carbonyl (C=O) groups excluding carboxylic acids is 1. The van der Waals surface area contributed by atoms with Gasteiger partial charge in [0.2, 0.25) is 0 Å². The van der Waals surface area contributed by atoms with Crippen molar-refractivity contribution < 1.29 is 19.4 Å². The zero-order chi connectivity index (χ0) is 17.5. The number of esters is 1. The summed E-state index contributed by atoms with van der Waals surface area (Å²) in [6.45, 7) is 6.33. The molecule has 0 bridgehead atoms. The Bertz CT molecular complexity index is 314. The first kappa shape index (κ1) is 21.9. The minimum absolute atomic E-state index is 0.139. The Morgan fingerprint density at radius 1 is 0.783 bits per heavy atom. The van der Waals surface area contributed by atoms with Gasteiger partial charge in [0.25, 0.3) is 0 Å². The molecule has 0 aliphatic heterocycles. The lowest BCUT2D eigenvalue weighted by molar-refractivity contribution is -0.168. The normalized spacial score (nSPS) is 13.5. The number of hydrogen-bond donors (Lipinski definition) is 1. The zero-order valence-corrected chi connectivity index (χ0v) is 15.3. The van der Waals surface area contributed by atoms with Gasteiger partial charge in [-0.15, -0.1) is 0 Å². The molecular weight excluding hydrogens is 292 g/mol. The number of rotatable bonds is 15. The summed E-state index contributed by atoms with van der Waals surface area (Å²) in [5.41, 5.74) is 0. The molecule has 0 aromatic rings. The highest BCUT2D eigenvalue weighted by Crippen LogP contribution is 2.20. The molecule has 0 aromatic heterocycles. The molecule has 0 heterocycles. The molecule has 2 unspecified atom stereocenters. The lowest BCUT2D eigenvalue weighted by Crippen LogP contribution is -2.30. The van der Waals surface area contributed by atoms with Crippen LogP contribution in [0.1, 0.15) is 97.8 Å². The number of hydrogen-bond acceptors (Lipinski definition) is 3. The largest absolute Gasteiger partial charge is 0.479 e. The zero-order valence-electron chi connectivity index (χ0n) is 15.3. The van der Waals surface area contributed by atoms with E-state index < -0.39 is 12.1 Å². The van der Waals surface area contributed by atoms with Gasteiger partial charge in [-0.1, -0.05) is 72.1 Å². The minimum atomic E-state index is -1.02. The molecule has 0 fully saturated rings. The maximum Gasteiger partial charge on any atom is 0.345 e. The number of carboxylic acids is 1. The third kappa shape index (κ3) is 11.2. The van der Waals surface area contributed by atoms with Crippen molar-refractivity contribution in [2.45, 2.75) is 104 Å². The summed E-state index contributed by atoms with van der Waals surface area (Å²) in [4.78, 5) is 23.7. The van der Waals surface area contributed by atoms with Gasteiger partial charge < -0.3 is 9.84 Å². The highest BCUT2D eigenvalue weighted by molar-refractivity contribution is 5.79. The van der Waals surface area contributed by atoms with Crippen LogP contribution in [-0.2, 0) is 14.3 Å². The number of ether oxygens (including phenoxy) is 1. The van der Waals surface area contributed by atoms with Gasteiger partial charge in [-0.2, -0.15) is 0 Å². The number of unbranched alkanes of at least 4 members (excludes halogenated alkanes) is 6.